The molecule has 4 N–H and O–H groups in total. The molecular formula is C21H27FN4O4. The van der Waals surface area contributed by atoms with Gasteiger partial charge in [0.25, 0.3) is 11.8 Å². The van der Waals surface area contributed by atoms with E-state index in [1.54, 1.807) is 0 Å². The van der Waals surface area contributed by atoms with Crippen LogP contribution in [0.25, 0.3) is 0 Å². The van der Waals surface area contributed by atoms with Gasteiger partial charge in [0.1, 0.15) is 12.4 Å². The third kappa shape index (κ3) is 4.46. The largest absolute Gasteiger partial charge is 0.370 e. The number of nitrogens with zero attached hydrogens (tertiary/aromatic N) is 1. The third-order valence-corrected chi connectivity index (χ3v) is 6.19. The van der Waals surface area contributed by atoms with Crippen LogP contribution in [0, 0.1) is 17.7 Å². The summed E-state index contributed by atoms with van der Waals surface area (Å²) in [6, 6.07) is 3.00. The molecule has 2 aliphatic carbocycles. The predicted molar refractivity (Wildman–Crippen MR) is 108 cm³/mol. The molecule has 3 amide bonds. The molecule has 1 aliphatic heterocycles. The number of nitrogens with one attached hydrogen (secondary N) is 2. The van der Waals surface area contributed by atoms with Crippen LogP contribution < -0.4 is 21.3 Å². The first-order chi connectivity index (χ1) is 14.4. The number of morpholine rings is 1. The Balaban J connectivity index is 1.43. The van der Waals surface area contributed by atoms with E-state index < -0.39 is 23.7 Å². The fraction of sp³-hybridized carbons (Fsp3) is 0.571. The molecule has 1 unspecified atom stereocenters. The molecule has 30 heavy (non-hydrogen) atoms. The maximum Gasteiger partial charge on any atom is 0.253 e. The van der Waals surface area contributed by atoms with Crippen LogP contribution >= 0.6 is 0 Å². The standard InChI is InChI=1S/C21H27FN4O4/c22-15-10-14(6-7-16(15)26-8-9-30-11-17(26)27)24-21(29)19(20(23)28)25-18(13-4-5-13)12-2-1-3-12/h6-7,10,12-13,18-19,25H,1-5,8-9,11H2,(H2,23,28)(H,24,29)/t18?,19-/m1/s1. The van der Waals surface area contributed by atoms with Gasteiger partial charge >= 0.3 is 0 Å². The number of nitrogens with two attached hydrogens (primary N) is 1. The molecule has 0 radical (unpaired) electrons. The van der Waals surface area contributed by atoms with Crippen molar-refractivity contribution in [3.63, 3.8) is 0 Å². The van der Waals surface area contributed by atoms with Crippen LogP contribution in [-0.2, 0) is 19.1 Å². The highest BCUT2D eigenvalue weighted by atomic mass is 19.1. The molecule has 9 heteroatoms. The van der Waals surface area contributed by atoms with Gasteiger partial charge in [0.05, 0.1) is 12.3 Å². The zero-order valence-electron chi connectivity index (χ0n) is 16.7. The predicted octanol–water partition coefficient (Wildman–Crippen LogP) is 1.15. The van der Waals surface area contributed by atoms with Crippen molar-refractivity contribution in [2.24, 2.45) is 17.6 Å². The van der Waals surface area contributed by atoms with Gasteiger partial charge in [0.15, 0.2) is 6.04 Å². The Labute approximate surface area is 174 Å². The Bertz CT molecular complexity index is 840. The molecule has 8 nitrogen and oxygen atoms in total. The molecule has 0 spiro atoms. The fourth-order valence-electron chi connectivity index (χ4n) is 4.18. The van der Waals surface area contributed by atoms with Gasteiger partial charge in [-0.1, -0.05) is 6.42 Å². The molecule has 1 aromatic carbocycles. The van der Waals surface area contributed by atoms with Gasteiger partial charge in [-0.05, 0) is 55.7 Å². The second-order valence-electron chi connectivity index (χ2n) is 8.31. The smallest absolute Gasteiger partial charge is 0.253 e. The molecule has 0 bridgehead atoms. The van der Waals surface area contributed by atoms with Gasteiger partial charge in [-0.15, -0.1) is 0 Å². The Kier molecular flexibility index (Phi) is 6.01. The molecule has 3 fully saturated rings. The maximum atomic E-state index is 14.6. The number of hydrogen-bond acceptors (Lipinski definition) is 5. The minimum absolute atomic E-state index is 0.0902. The molecule has 0 aromatic heterocycles. The highest BCUT2D eigenvalue weighted by Gasteiger charge is 2.41. The lowest BCUT2D eigenvalue weighted by Gasteiger charge is -2.36. The number of hydrogen-bond donors (Lipinski definition) is 3. The zero-order valence-corrected chi connectivity index (χ0v) is 16.7. The summed E-state index contributed by atoms with van der Waals surface area (Å²) in [6.45, 7) is 0.505. The highest BCUT2D eigenvalue weighted by molar-refractivity contribution is 6.09. The van der Waals surface area contributed by atoms with E-state index in [4.69, 9.17) is 10.5 Å². The molecule has 1 aromatic rings. The van der Waals surface area contributed by atoms with Crippen molar-refractivity contribution >= 4 is 29.1 Å². The number of anilines is 2. The quantitative estimate of drug-likeness (QED) is 0.548. The summed E-state index contributed by atoms with van der Waals surface area (Å²) in [6.07, 6.45) is 5.53. The average Bonchev–Trinajstić information content (AvgIpc) is 3.49. The molecule has 1 saturated heterocycles. The maximum absolute atomic E-state index is 14.6. The van der Waals surface area contributed by atoms with Gasteiger partial charge in [0, 0.05) is 18.3 Å². The van der Waals surface area contributed by atoms with Crippen molar-refractivity contribution in [1.29, 1.82) is 0 Å². The summed E-state index contributed by atoms with van der Waals surface area (Å²) in [4.78, 5) is 37.9. The summed E-state index contributed by atoms with van der Waals surface area (Å²) >= 11 is 0. The van der Waals surface area contributed by atoms with Crippen LogP contribution in [0.3, 0.4) is 0 Å². The summed E-state index contributed by atoms with van der Waals surface area (Å²) in [5.41, 5.74) is 5.82. The van der Waals surface area contributed by atoms with Crippen LogP contribution in [0.5, 0.6) is 0 Å². The summed E-state index contributed by atoms with van der Waals surface area (Å²) < 4.78 is 19.7. The Morgan fingerprint density at radius 1 is 1.20 bits per heavy atom. The number of carbonyl (C=O) groups excluding carboxylic acids is 3. The number of halogens is 1. The van der Waals surface area contributed by atoms with Crippen LogP contribution in [0.2, 0.25) is 0 Å². The lowest BCUT2D eigenvalue weighted by Crippen LogP contribution is -2.56. The Morgan fingerprint density at radius 3 is 2.50 bits per heavy atom. The monoisotopic (exact) mass is 418 g/mol. The molecular weight excluding hydrogens is 391 g/mol. The lowest BCUT2D eigenvalue weighted by atomic mass is 9.77. The van der Waals surface area contributed by atoms with Crippen LogP contribution in [-0.4, -0.2) is 49.6 Å². The van der Waals surface area contributed by atoms with Crippen molar-refractivity contribution in [3.05, 3.63) is 24.0 Å². The SMILES string of the molecule is NC(=O)[C@@H](NC(C1CCC1)C1CC1)C(=O)Nc1ccc(N2CCOCC2=O)c(F)c1. The summed E-state index contributed by atoms with van der Waals surface area (Å²) in [7, 11) is 0. The van der Waals surface area contributed by atoms with Crippen molar-refractivity contribution in [2.75, 3.05) is 30.0 Å². The van der Waals surface area contributed by atoms with Gasteiger partial charge in [-0.3, -0.25) is 19.7 Å². The lowest BCUT2D eigenvalue weighted by molar-refractivity contribution is -0.128. The first kappa shape index (κ1) is 20.7. The number of primary amides is 1. The Morgan fingerprint density at radius 2 is 1.93 bits per heavy atom. The third-order valence-electron chi connectivity index (χ3n) is 6.19. The van der Waals surface area contributed by atoms with Crippen molar-refractivity contribution in [1.82, 2.24) is 5.32 Å². The number of rotatable bonds is 8. The molecule has 2 atom stereocenters. The van der Waals surface area contributed by atoms with E-state index >= 15 is 0 Å². The summed E-state index contributed by atoms with van der Waals surface area (Å²) in [5, 5.41) is 5.75. The second kappa shape index (κ2) is 8.69. The highest BCUT2D eigenvalue weighted by Crippen LogP contribution is 2.42. The van der Waals surface area contributed by atoms with E-state index in [2.05, 4.69) is 10.6 Å². The van der Waals surface area contributed by atoms with E-state index in [1.807, 2.05) is 0 Å². The van der Waals surface area contributed by atoms with Crippen LogP contribution in [0.1, 0.15) is 32.1 Å². The van der Waals surface area contributed by atoms with Gasteiger partial charge in [-0.25, -0.2) is 4.39 Å². The Hall–Kier alpha value is -2.52. The number of amides is 3. The molecule has 4 rings (SSSR count). The second-order valence-corrected chi connectivity index (χ2v) is 8.31. The van der Waals surface area contributed by atoms with Crippen molar-refractivity contribution in [2.45, 2.75) is 44.2 Å². The first-order valence-corrected chi connectivity index (χ1v) is 10.5. The minimum Gasteiger partial charge on any atom is -0.370 e. The summed E-state index contributed by atoms with van der Waals surface area (Å²) in [5.74, 6) is -1.38. The number of ether oxygens (including phenoxy) is 1. The van der Waals surface area contributed by atoms with E-state index in [-0.39, 0.29) is 36.5 Å². The topological polar surface area (TPSA) is 114 Å². The number of carbonyl (C=O) groups is 3. The van der Waals surface area contributed by atoms with Crippen molar-refractivity contribution < 1.29 is 23.5 Å². The molecule has 162 valence electrons. The van der Waals surface area contributed by atoms with Crippen LogP contribution in [0.15, 0.2) is 18.2 Å². The molecule has 1 heterocycles. The van der Waals surface area contributed by atoms with Gasteiger partial charge in [0.2, 0.25) is 5.91 Å². The van der Waals surface area contributed by atoms with Crippen molar-refractivity contribution in [3.8, 4) is 0 Å². The van der Waals surface area contributed by atoms with Crippen LogP contribution in [0.4, 0.5) is 15.8 Å². The minimum atomic E-state index is -1.18. The zero-order chi connectivity index (χ0) is 21.3. The fourth-order valence-corrected chi connectivity index (χ4v) is 4.18. The van der Waals surface area contributed by atoms with E-state index in [1.165, 1.54) is 23.5 Å². The van der Waals surface area contributed by atoms with E-state index in [0.29, 0.717) is 18.4 Å². The van der Waals surface area contributed by atoms with Gasteiger partial charge < -0.3 is 20.7 Å². The normalized spacial score (nSPS) is 21.6. The van der Waals surface area contributed by atoms with E-state index in [0.717, 1.165) is 31.7 Å². The molecule has 3 aliphatic rings. The first-order valence-electron chi connectivity index (χ1n) is 10.5. The van der Waals surface area contributed by atoms with Gasteiger partial charge in [-0.2, -0.15) is 0 Å². The number of benzene rings is 1. The molecule has 2 saturated carbocycles. The average molecular weight is 418 g/mol. The van der Waals surface area contributed by atoms with E-state index in [9.17, 15) is 18.8 Å².